The second-order valence-corrected chi connectivity index (χ2v) is 6.42. The maximum Gasteiger partial charge on any atom is 0.0718 e. The Morgan fingerprint density at radius 1 is 1.20 bits per heavy atom. The minimum absolute atomic E-state index is 0.0561. The van der Waals surface area contributed by atoms with Gasteiger partial charge in [-0.05, 0) is 32.4 Å². The number of anilines is 1. The fraction of sp³-hybridized carbons (Fsp3) is 0.625. The molecule has 1 aromatic carbocycles. The van der Waals surface area contributed by atoms with E-state index in [0.717, 1.165) is 32.7 Å². The van der Waals surface area contributed by atoms with Crippen LogP contribution in [0.4, 0.5) is 5.69 Å². The third kappa shape index (κ3) is 3.95. The number of piperazine rings is 1. The number of hydrogen-bond donors (Lipinski definition) is 2. The molecule has 1 aliphatic rings. The lowest BCUT2D eigenvalue weighted by Crippen LogP contribution is -2.50. The van der Waals surface area contributed by atoms with Gasteiger partial charge in [-0.25, -0.2) is 0 Å². The number of benzene rings is 1. The molecule has 2 rings (SSSR count). The molecule has 20 heavy (non-hydrogen) atoms. The molecule has 3 N–H and O–H groups in total. The first kappa shape index (κ1) is 15.3. The van der Waals surface area contributed by atoms with Crippen molar-refractivity contribution in [2.75, 3.05) is 37.6 Å². The molecule has 4 nitrogen and oxygen atoms in total. The van der Waals surface area contributed by atoms with Crippen molar-refractivity contribution in [1.29, 1.82) is 0 Å². The predicted octanol–water partition coefficient (Wildman–Crippen LogP) is 1.60. The molecule has 1 unspecified atom stereocenters. The Balaban J connectivity index is 2.01. The van der Waals surface area contributed by atoms with E-state index in [2.05, 4.69) is 28.0 Å². The number of nitrogens with zero attached hydrogens (tertiary/aromatic N) is 2. The molecule has 1 heterocycles. The standard InChI is InChI=1S/C16H27N3O/c1-13(17)14-6-4-5-7-15(14)19-10-8-18(9-11-19)12-16(2,3)20/h4-7,13,20H,8-12,17H2,1-3H3. The first-order valence-electron chi connectivity index (χ1n) is 7.41. The van der Waals surface area contributed by atoms with Gasteiger partial charge in [0.05, 0.1) is 5.60 Å². The average molecular weight is 277 g/mol. The third-order valence-electron chi connectivity index (χ3n) is 3.75. The van der Waals surface area contributed by atoms with E-state index in [-0.39, 0.29) is 6.04 Å². The molecule has 1 saturated heterocycles. The number of rotatable bonds is 4. The molecule has 4 heteroatoms. The minimum Gasteiger partial charge on any atom is -0.389 e. The molecule has 0 saturated carbocycles. The summed E-state index contributed by atoms with van der Waals surface area (Å²) >= 11 is 0. The summed E-state index contributed by atoms with van der Waals surface area (Å²) in [5.41, 5.74) is 7.91. The molecule has 0 bridgehead atoms. The molecule has 0 amide bonds. The number of hydrogen-bond acceptors (Lipinski definition) is 4. The monoisotopic (exact) mass is 277 g/mol. The SMILES string of the molecule is CC(N)c1ccccc1N1CCN(CC(C)(C)O)CC1. The topological polar surface area (TPSA) is 52.7 Å². The van der Waals surface area contributed by atoms with Crippen molar-refractivity contribution in [3.63, 3.8) is 0 Å². The molecule has 1 aromatic rings. The molecule has 1 atom stereocenters. The van der Waals surface area contributed by atoms with Crippen LogP contribution in [0.25, 0.3) is 0 Å². The fourth-order valence-corrected chi connectivity index (χ4v) is 2.85. The molecular formula is C16H27N3O. The van der Waals surface area contributed by atoms with Crippen molar-refractivity contribution in [2.24, 2.45) is 5.73 Å². The molecule has 112 valence electrons. The molecule has 0 aliphatic carbocycles. The lowest BCUT2D eigenvalue weighted by molar-refractivity contribution is 0.0345. The highest BCUT2D eigenvalue weighted by atomic mass is 16.3. The summed E-state index contributed by atoms with van der Waals surface area (Å²) in [6.45, 7) is 10.4. The molecule has 0 radical (unpaired) electrons. The smallest absolute Gasteiger partial charge is 0.0718 e. The predicted molar refractivity (Wildman–Crippen MR) is 84.0 cm³/mol. The lowest BCUT2D eigenvalue weighted by atomic mass is 10.0. The first-order chi connectivity index (χ1) is 9.37. The first-order valence-corrected chi connectivity index (χ1v) is 7.41. The van der Waals surface area contributed by atoms with Crippen LogP contribution in [-0.4, -0.2) is 48.3 Å². The van der Waals surface area contributed by atoms with Gasteiger partial charge in [0.2, 0.25) is 0 Å². The van der Waals surface area contributed by atoms with Crippen LogP contribution in [-0.2, 0) is 0 Å². The summed E-state index contributed by atoms with van der Waals surface area (Å²) in [5.74, 6) is 0. The fourth-order valence-electron chi connectivity index (χ4n) is 2.85. The van der Waals surface area contributed by atoms with Crippen LogP contribution >= 0.6 is 0 Å². The van der Waals surface area contributed by atoms with E-state index in [1.54, 1.807) is 0 Å². The highest BCUT2D eigenvalue weighted by molar-refractivity contribution is 5.55. The van der Waals surface area contributed by atoms with Gasteiger partial charge in [0, 0.05) is 44.5 Å². The summed E-state index contributed by atoms with van der Waals surface area (Å²) in [6.07, 6.45) is 0. The second kappa shape index (κ2) is 6.12. The molecule has 0 aromatic heterocycles. The summed E-state index contributed by atoms with van der Waals surface area (Å²) < 4.78 is 0. The Hall–Kier alpha value is -1.10. The molecular weight excluding hydrogens is 250 g/mol. The van der Waals surface area contributed by atoms with Crippen molar-refractivity contribution in [2.45, 2.75) is 32.4 Å². The van der Waals surface area contributed by atoms with Crippen molar-refractivity contribution < 1.29 is 5.11 Å². The van der Waals surface area contributed by atoms with Crippen LogP contribution in [0.15, 0.2) is 24.3 Å². The van der Waals surface area contributed by atoms with E-state index in [9.17, 15) is 5.11 Å². The highest BCUT2D eigenvalue weighted by Crippen LogP contribution is 2.26. The van der Waals surface area contributed by atoms with Gasteiger partial charge < -0.3 is 15.7 Å². The molecule has 1 aliphatic heterocycles. The Morgan fingerprint density at radius 3 is 2.35 bits per heavy atom. The van der Waals surface area contributed by atoms with Gasteiger partial charge in [-0.3, -0.25) is 4.90 Å². The summed E-state index contributed by atoms with van der Waals surface area (Å²) in [5, 5.41) is 9.90. The van der Waals surface area contributed by atoms with Crippen molar-refractivity contribution in [3.8, 4) is 0 Å². The third-order valence-corrected chi connectivity index (χ3v) is 3.75. The Bertz CT molecular complexity index is 432. The van der Waals surface area contributed by atoms with Crippen LogP contribution in [0, 0.1) is 0 Å². The quantitative estimate of drug-likeness (QED) is 0.878. The summed E-state index contributed by atoms with van der Waals surface area (Å²) in [7, 11) is 0. The van der Waals surface area contributed by atoms with Gasteiger partial charge in [-0.2, -0.15) is 0 Å². The average Bonchev–Trinajstić information content (AvgIpc) is 2.38. The largest absolute Gasteiger partial charge is 0.389 e. The zero-order chi connectivity index (χ0) is 14.8. The number of nitrogens with two attached hydrogens (primary N) is 1. The Morgan fingerprint density at radius 2 is 1.80 bits per heavy atom. The van der Waals surface area contributed by atoms with E-state index < -0.39 is 5.60 Å². The van der Waals surface area contributed by atoms with Crippen molar-refractivity contribution in [1.82, 2.24) is 4.90 Å². The van der Waals surface area contributed by atoms with Gasteiger partial charge >= 0.3 is 0 Å². The maximum absolute atomic E-state index is 9.90. The Kier molecular flexibility index (Phi) is 4.68. The molecule has 0 spiro atoms. The number of β-amino-alcohol motifs (C(OH)–C–C–N with tert-alkyl or cyclic N) is 1. The number of para-hydroxylation sites is 1. The summed E-state index contributed by atoms with van der Waals surface area (Å²) in [4.78, 5) is 4.73. The Labute approximate surface area is 122 Å². The zero-order valence-electron chi connectivity index (χ0n) is 12.8. The van der Waals surface area contributed by atoms with Crippen molar-refractivity contribution in [3.05, 3.63) is 29.8 Å². The second-order valence-electron chi connectivity index (χ2n) is 6.42. The van der Waals surface area contributed by atoms with Crippen LogP contribution < -0.4 is 10.6 Å². The number of aliphatic hydroxyl groups is 1. The maximum atomic E-state index is 9.90. The van der Waals surface area contributed by atoms with Gasteiger partial charge in [0.1, 0.15) is 0 Å². The van der Waals surface area contributed by atoms with Crippen LogP contribution in [0.1, 0.15) is 32.4 Å². The normalized spacial score (nSPS) is 19.1. The highest BCUT2D eigenvalue weighted by Gasteiger charge is 2.23. The van der Waals surface area contributed by atoms with Crippen LogP contribution in [0.3, 0.4) is 0 Å². The minimum atomic E-state index is -0.619. The van der Waals surface area contributed by atoms with E-state index in [1.807, 2.05) is 26.8 Å². The van der Waals surface area contributed by atoms with E-state index in [0.29, 0.717) is 0 Å². The van der Waals surface area contributed by atoms with Crippen LogP contribution in [0.2, 0.25) is 0 Å². The van der Waals surface area contributed by atoms with Gasteiger partial charge in [-0.15, -0.1) is 0 Å². The van der Waals surface area contributed by atoms with Crippen LogP contribution in [0.5, 0.6) is 0 Å². The summed E-state index contributed by atoms with van der Waals surface area (Å²) in [6, 6.07) is 8.45. The van der Waals surface area contributed by atoms with E-state index >= 15 is 0 Å². The molecule has 1 fully saturated rings. The van der Waals surface area contributed by atoms with Gasteiger partial charge in [0.25, 0.3) is 0 Å². The van der Waals surface area contributed by atoms with Crippen molar-refractivity contribution >= 4 is 5.69 Å². The van der Waals surface area contributed by atoms with E-state index in [1.165, 1.54) is 11.3 Å². The van der Waals surface area contributed by atoms with E-state index in [4.69, 9.17) is 5.73 Å². The van der Waals surface area contributed by atoms with Gasteiger partial charge in [0.15, 0.2) is 0 Å². The lowest BCUT2D eigenvalue weighted by Gasteiger charge is -2.39. The zero-order valence-corrected chi connectivity index (χ0v) is 12.8. The van der Waals surface area contributed by atoms with Gasteiger partial charge in [-0.1, -0.05) is 18.2 Å².